The Morgan fingerprint density at radius 2 is 1.78 bits per heavy atom. The summed E-state index contributed by atoms with van der Waals surface area (Å²) in [5.41, 5.74) is 2.85. The lowest BCUT2D eigenvalue weighted by Crippen LogP contribution is -2.24. The summed E-state index contributed by atoms with van der Waals surface area (Å²) in [6.45, 7) is 12.0. The van der Waals surface area contributed by atoms with Crippen LogP contribution in [0.1, 0.15) is 51.4 Å². The average Bonchev–Trinajstić information content (AvgIpc) is 2.60. The predicted octanol–water partition coefficient (Wildman–Crippen LogP) is 2.56. The Bertz CT molecular complexity index is 585. The summed E-state index contributed by atoms with van der Waals surface area (Å²) < 4.78 is 1.76. The van der Waals surface area contributed by atoms with Gasteiger partial charge in [-0.1, -0.05) is 20.8 Å². The summed E-state index contributed by atoms with van der Waals surface area (Å²) in [6.07, 6.45) is 1.54. The molecule has 0 saturated heterocycles. The van der Waals surface area contributed by atoms with Gasteiger partial charge in [-0.05, 0) is 37.8 Å². The van der Waals surface area contributed by atoms with Gasteiger partial charge in [0.05, 0.1) is 5.69 Å². The van der Waals surface area contributed by atoms with E-state index in [0.717, 1.165) is 22.5 Å². The smallest absolute Gasteiger partial charge is 0.159 e. The highest BCUT2D eigenvalue weighted by atomic mass is 16.3. The van der Waals surface area contributed by atoms with Crippen LogP contribution in [0.4, 0.5) is 0 Å². The van der Waals surface area contributed by atoms with Crippen LogP contribution in [0.2, 0.25) is 0 Å². The maximum Gasteiger partial charge on any atom is 0.159 e. The fourth-order valence-corrected chi connectivity index (χ4v) is 2.40. The molecule has 0 aliphatic rings. The molecule has 4 nitrogen and oxygen atoms in total. The molecule has 1 N–H and O–H groups in total. The van der Waals surface area contributed by atoms with Crippen LogP contribution < -0.4 is 0 Å². The van der Waals surface area contributed by atoms with Gasteiger partial charge in [-0.15, -0.1) is 0 Å². The number of aryl methyl sites for hydroxylation is 1. The van der Waals surface area contributed by atoms with E-state index in [1.807, 2.05) is 6.92 Å². The first-order chi connectivity index (χ1) is 8.12. The average molecular weight is 247 g/mol. The number of nitrogens with zero attached hydrogens (tertiary/aromatic N) is 3. The van der Waals surface area contributed by atoms with Crippen LogP contribution in [0.5, 0.6) is 0 Å². The van der Waals surface area contributed by atoms with E-state index in [-0.39, 0.29) is 5.41 Å². The Morgan fingerprint density at radius 3 is 2.28 bits per heavy atom. The van der Waals surface area contributed by atoms with E-state index in [4.69, 9.17) is 0 Å². The minimum Gasteiger partial charge on any atom is -0.384 e. The van der Waals surface area contributed by atoms with Gasteiger partial charge in [-0.25, -0.2) is 9.50 Å². The van der Waals surface area contributed by atoms with Crippen molar-refractivity contribution < 1.29 is 5.11 Å². The second kappa shape index (κ2) is 3.79. The van der Waals surface area contributed by atoms with Gasteiger partial charge in [0.25, 0.3) is 0 Å². The van der Waals surface area contributed by atoms with E-state index in [9.17, 15) is 5.11 Å². The molecule has 0 saturated carbocycles. The monoisotopic (exact) mass is 247 g/mol. The minimum absolute atomic E-state index is 0.00281. The van der Waals surface area contributed by atoms with Gasteiger partial charge in [-0.2, -0.15) is 5.10 Å². The SMILES string of the molecule is Cc1cc(C(C)(C)C)c2ncnn2c1C(C)(C)O. The lowest BCUT2D eigenvalue weighted by molar-refractivity contribution is 0.0706. The third kappa shape index (κ3) is 2.01. The Hall–Kier alpha value is -1.42. The second-order valence-electron chi connectivity index (χ2n) is 6.39. The van der Waals surface area contributed by atoms with E-state index in [1.165, 1.54) is 0 Å². The Kier molecular flexibility index (Phi) is 2.74. The fraction of sp³-hybridized carbons (Fsp3) is 0.571. The molecule has 0 amide bonds. The molecule has 0 bridgehead atoms. The van der Waals surface area contributed by atoms with Gasteiger partial charge >= 0.3 is 0 Å². The van der Waals surface area contributed by atoms with Gasteiger partial charge in [-0.3, -0.25) is 0 Å². The van der Waals surface area contributed by atoms with Gasteiger partial charge in [0.2, 0.25) is 0 Å². The Morgan fingerprint density at radius 1 is 1.17 bits per heavy atom. The largest absolute Gasteiger partial charge is 0.384 e. The van der Waals surface area contributed by atoms with Crippen molar-refractivity contribution in [2.75, 3.05) is 0 Å². The van der Waals surface area contributed by atoms with Gasteiger partial charge < -0.3 is 5.11 Å². The lowest BCUT2D eigenvalue weighted by atomic mass is 9.85. The first-order valence-corrected chi connectivity index (χ1v) is 6.19. The van der Waals surface area contributed by atoms with Crippen molar-refractivity contribution in [2.45, 2.75) is 52.6 Å². The maximum atomic E-state index is 10.3. The summed E-state index contributed by atoms with van der Waals surface area (Å²) in [7, 11) is 0. The standard InChI is InChI=1S/C14H21N3O/c1-9-7-10(13(2,3)4)12-15-8-16-17(12)11(9)14(5,6)18/h7-8,18H,1-6H3. The summed E-state index contributed by atoms with van der Waals surface area (Å²) in [5.74, 6) is 0. The zero-order chi connectivity index (χ0) is 13.7. The van der Waals surface area contributed by atoms with E-state index in [2.05, 4.69) is 36.9 Å². The van der Waals surface area contributed by atoms with Crippen LogP contribution in [0, 0.1) is 6.92 Å². The molecular formula is C14H21N3O. The first kappa shape index (κ1) is 13.0. The molecule has 0 fully saturated rings. The minimum atomic E-state index is -0.938. The molecule has 0 radical (unpaired) electrons. The molecule has 0 spiro atoms. The summed E-state index contributed by atoms with van der Waals surface area (Å²) >= 11 is 0. The van der Waals surface area contributed by atoms with E-state index < -0.39 is 5.60 Å². The van der Waals surface area contributed by atoms with Crippen molar-refractivity contribution in [1.82, 2.24) is 14.6 Å². The first-order valence-electron chi connectivity index (χ1n) is 6.19. The normalized spacial score (nSPS) is 13.3. The van der Waals surface area contributed by atoms with E-state index in [1.54, 1.807) is 24.7 Å². The Labute approximate surface area is 108 Å². The predicted molar refractivity (Wildman–Crippen MR) is 71.7 cm³/mol. The van der Waals surface area contributed by atoms with Crippen LogP contribution in [-0.2, 0) is 11.0 Å². The number of fused-ring (bicyclic) bond motifs is 1. The van der Waals surface area contributed by atoms with Gasteiger partial charge in [0, 0.05) is 5.56 Å². The maximum absolute atomic E-state index is 10.3. The van der Waals surface area contributed by atoms with Crippen molar-refractivity contribution >= 4 is 5.65 Å². The van der Waals surface area contributed by atoms with Crippen molar-refractivity contribution in [3.05, 3.63) is 29.2 Å². The fourth-order valence-electron chi connectivity index (χ4n) is 2.40. The van der Waals surface area contributed by atoms with Crippen LogP contribution in [0.15, 0.2) is 12.4 Å². The number of hydrogen-bond acceptors (Lipinski definition) is 3. The molecular weight excluding hydrogens is 226 g/mol. The van der Waals surface area contributed by atoms with Crippen molar-refractivity contribution in [2.24, 2.45) is 0 Å². The van der Waals surface area contributed by atoms with Crippen molar-refractivity contribution in [3.8, 4) is 0 Å². The highest BCUT2D eigenvalue weighted by Crippen LogP contribution is 2.31. The van der Waals surface area contributed by atoms with Crippen LogP contribution in [-0.4, -0.2) is 19.7 Å². The second-order valence-corrected chi connectivity index (χ2v) is 6.39. The number of aromatic nitrogens is 3. The van der Waals surface area contributed by atoms with Crippen molar-refractivity contribution in [3.63, 3.8) is 0 Å². The molecule has 0 atom stereocenters. The zero-order valence-corrected chi connectivity index (χ0v) is 11.9. The summed E-state index contributed by atoms with van der Waals surface area (Å²) in [4.78, 5) is 4.34. The highest BCUT2D eigenvalue weighted by molar-refractivity contribution is 5.54. The molecule has 2 heterocycles. The van der Waals surface area contributed by atoms with Crippen molar-refractivity contribution in [1.29, 1.82) is 0 Å². The number of aliphatic hydroxyl groups is 1. The summed E-state index contributed by atoms with van der Waals surface area (Å²) in [5, 5.41) is 14.6. The molecule has 0 aliphatic heterocycles. The van der Waals surface area contributed by atoms with Crippen LogP contribution >= 0.6 is 0 Å². The Balaban J connectivity index is 2.87. The summed E-state index contributed by atoms with van der Waals surface area (Å²) in [6, 6.07) is 2.11. The quantitative estimate of drug-likeness (QED) is 0.842. The lowest BCUT2D eigenvalue weighted by Gasteiger charge is -2.26. The van der Waals surface area contributed by atoms with E-state index in [0.29, 0.717) is 0 Å². The third-order valence-electron chi connectivity index (χ3n) is 3.12. The molecule has 2 aromatic heterocycles. The van der Waals surface area contributed by atoms with Crippen LogP contribution in [0.25, 0.3) is 5.65 Å². The molecule has 2 aromatic rings. The topological polar surface area (TPSA) is 50.4 Å². The third-order valence-corrected chi connectivity index (χ3v) is 3.12. The number of hydrogen-bond donors (Lipinski definition) is 1. The highest BCUT2D eigenvalue weighted by Gasteiger charge is 2.27. The molecule has 0 aromatic carbocycles. The molecule has 2 rings (SSSR count). The van der Waals surface area contributed by atoms with E-state index >= 15 is 0 Å². The number of pyridine rings is 1. The van der Waals surface area contributed by atoms with Gasteiger partial charge in [0.15, 0.2) is 5.65 Å². The number of rotatable bonds is 1. The molecule has 4 heteroatoms. The van der Waals surface area contributed by atoms with Crippen LogP contribution in [0.3, 0.4) is 0 Å². The molecule has 0 aliphatic carbocycles. The molecule has 18 heavy (non-hydrogen) atoms. The van der Waals surface area contributed by atoms with Gasteiger partial charge in [0.1, 0.15) is 11.9 Å². The zero-order valence-electron chi connectivity index (χ0n) is 11.9. The molecule has 0 unspecified atom stereocenters. The molecule has 98 valence electrons.